The molecule has 24 heavy (non-hydrogen) atoms. The largest absolute Gasteiger partial charge is 0.429 e. The van der Waals surface area contributed by atoms with Crippen LogP contribution in [0.15, 0.2) is 48.7 Å². The molecule has 0 fully saturated rings. The topological polar surface area (TPSA) is 82.7 Å². The van der Waals surface area contributed by atoms with Gasteiger partial charge in [0, 0.05) is 29.8 Å². The molecule has 2 heterocycles. The molecule has 0 radical (unpaired) electrons. The SMILES string of the molecule is Cn1c(=O)c2c(n(C)c1=O)=NC(=[NH+]CCSc1ccc(Cl)cc1)N=2. The highest BCUT2D eigenvalue weighted by atomic mass is 35.5. The second-order valence-electron chi connectivity index (χ2n) is 5.15. The fourth-order valence-electron chi connectivity index (χ4n) is 2.21. The lowest BCUT2D eigenvalue weighted by Gasteiger charge is -1.98. The fourth-order valence-corrected chi connectivity index (χ4v) is 3.11. The van der Waals surface area contributed by atoms with E-state index in [-0.39, 0.29) is 10.8 Å². The van der Waals surface area contributed by atoms with Crippen LogP contribution in [0.3, 0.4) is 0 Å². The Bertz CT molecular complexity index is 1050. The lowest BCUT2D eigenvalue weighted by Crippen LogP contribution is -2.73. The second kappa shape index (κ2) is 6.74. The maximum absolute atomic E-state index is 12.1. The van der Waals surface area contributed by atoms with Crippen molar-refractivity contribution >= 4 is 29.3 Å². The van der Waals surface area contributed by atoms with Crippen molar-refractivity contribution < 1.29 is 4.99 Å². The number of fused-ring (bicyclic) bond motifs is 1. The number of rotatable bonds is 4. The molecule has 1 aliphatic rings. The van der Waals surface area contributed by atoms with E-state index in [1.54, 1.807) is 18.8 Å². The van der Waals surface area contributed by atoms with Crippen molar-refractivity contribution in [1.82, 2.24) is 9.13 Å². The molecule has 1 aromatic heterocycles. The molecule has 124 valence electrons. The maximum atomic E-state index is 12.1. The third-order valence-corrected chi connectivity index (χ3v) is 4.77. The Kier molecular flexibility index (Phi) is 4.68. The average Bonchev–Trinajstić information content (AvgIpc) is 3.01. The van der Waals surface area contributed by atoms with Crippen LogP contribution in [0.2, 0.25) is 5.02 Å². The molecule has 0 unspecified atom stereocenters. The molecule has 0 saturated heterocycles. The summed E-state index contributed by atoms with van der Waals surface area (Å²) in [6.45, 7) is 0.623. The van der Waals surface area contributed by atoms with Gasteiger partial charge in [-0.2, -0.15) is 0 Å². The molecule has 0 bridgehead atoms. The number of aromatic nitrogens is 2. The number of hydrogen-bond acceptors (Lipinski definition) is 3. The summed E-state index contributed by atoms with van der Waals surface area (Å²) in [5.41, 5.74) is -0.572. The van der Waals surface area contributed by atoms with Crippen molar-refractivity contribution in [2.24, 2.45) is 24.1 Å². The van der Waals surface area contributed by atoms with E-state index in [4.69, 9.17) is 11.6 Å². The smallest absolute Gasteiger partial charge is 0.271 e. The predicted molar refractivity (Wildman–Crippen MR) is 92.2 cm³/mol. The Morgan fingerprint density at radius 1 is 1.12 bits per heavy atom. The number of halogens is 1. The summed E-state index contributed by atoms with van der Waals surface area (Å²) < 4.78 is 2.34. The molecule has 0 spiro atoms. The lowest BCUT2D eigenvalue weighted by molar-refractivity contribution is -0.452. The minimum Gasteiger partial charge on any atom is -0.271 e. The highest BCUT2D eigenvalue weighted by Gasteiger charge is 2.21. The van der Waals surface area contributed by atoms with Gasteiger partial charge in [0.15, 0.2) is 0 Å². The number of thioether (sulfide) groups is 1. The molecule has 3 rings (SSSR count). The Balaban J connectivity index is 1.76. The van der Waals surface area contributed by atoms with Gasteiger partial charge < -0.3 is 0 Å². The molecule has 0 saturated carbocycles. The summed E-state index contributed by atoms with van der Waals surface area (Å²) in [6, 6.07) is 7.61. The summed E-state index contributed by atoms with van der Waals surface area (Å²) in [4.78, 5) is 36.6. The first-order chi connectivity index (χ1) is 11.5. The molecule has 0 amide bonds. The molecule has 0 aliphatic carbocycles. The van der Waals surface area contributed by atoms with Crippen LogP contribution in [-0.2, 0) is 14.1 Å². The van der Waals surface area contributed by atoms with Gasteiger partial charge in [-0.25, -0.2) is 4.79 Å². The molecule has 1 aromatic carbocycles. The summed E-state index contributed by atoms with van der Waals surface area (Å²) >= 11 is 7.52. The van der Waals surface area contributed by atoms with Crippen LogP contribution >= 0.6 is 23.4 Å². The monoisotopic (exact) mass is 364 g/mol. The van der Waals surface area contributed by atoms with Gasteiger partial charge >= 0.3 is 17.2 Å². The zero-order chi connectivity index (χ0) is 17.3. The van der Waals surface area contributed by atoms with Crippen LogP contribution in [-0.4, -0.2) is 27.4 Å². The van der Waals surface area contributed by atoms with Crippen molar-refractivity contribution in [3.63, 3.8) is 0 Å². The fraction of sp³-hybridized carbons (Fsp3) is 0.267. The van der Waals surface area contributed by atoms with E-state index in [0.29, 0.717) is 17.5 Å². The van der Waals surface area contributed by atoms with E-state index in [0.717, 1.165) is 15.2 Å². The molecule has 1 aliphatic heterocycles. The van der Waals surface area contributed by atoms with Crippen LogP contribution in [0.4, 0.5) is 0 Å². The molecule has 2 aromatic rings. The number of benzene rings is 1. The van der Waals surface area contributed by atoms with Crippen LogP contribution < -0.4 is 27.1 Å². The summed E-state index contributed by atoms with van der Waals surface area (Å²) in [7, 11) is 2.99. The first kappa shape index (κ1) is 16.7. The molecule has 9 heteroatoms. The number of guanidine groups is 1. The zero-order valence-corrected chi connectivity index (χ0v) is 14.7. The molecule has 1 N–H and O–H groups in total. The van der Waals surface area contributed by atoms with Crippen molar-refractivity contribution in [1.29, 1.82) is 0 Å². The first-order valence-corrected chi connectivity index (χ1v) is 8.56. The molecular weight excluding hydrogens is 350 g/mol. The van der Waals surface area contributed by atoms with Gasteiger partial charge in [0.25, 0.3) is 10.8 Å². The Morgan fingerprint density at radius 3 is 2.54 bits per heavy atom. The number of nitrogens with one attached hydrogen (secondary N) is 1. The Morgan fingerprint density at radius 2 is 1.83 bits per heavy atom. The van der Waals surface area contributed by atoms with Gasteiger partial charge in [0.05, 0.1) is 6.54 Å². The minimum absolute atomic E-state index is 0.187. The highest BCUT2D eigenvalue weighted by Crippen LogP contribution is 2.19. The second-order valence-corrected chi connectivity index (χ2v) is 6.76. The first-order valence-electron chi connectivity index (χ1n) is 7.20. The van der Waals surface area contributed by atoms with E-state index in [1.165, 1.54) is 11.6 Å². The highest BCUT2D eigenvalue weighted by molar-refractivity contribution is 7.99. The van der Waals surface area contributed by atoms with Crippen LogP contribution in [0, 0.1) is 0 Å². The van der Waals surface area contributed by atoms with Crippen molar-refractivity contribution in [2.45, 2.75) is 4.90 Å². The number of hydrogen-bond donors (Lipinski definition) is 1. The van der Waals surface area contributed by atoms with E-state index < -0.39 is 11.2 Å². The van der Waals surface area contributed by atoms with Gasteiger partial charge in [-0.1, -0.05) is 16.6 Å². The van der Waals surface area contributed by atoms with Crippen molar-refractivity contribution in [2.75, 3.05) is 12.3 Å². The summed E-state index contributed by atoms with van der Waals surface area (Å²) in [5.74, 6) is 1.14. The molecular formula is C15H15ClN5O2S+. The van der Waals surface area contributed by atoms with E-state index in [2.05, 4.69) is 15.0 Å². The predicted octanol–water partition coefficient (Wildman–Crippen LogP) is -1.78. The third kappa shape index (κ3) is 3.20. The van der Waals surface area contributed by atoms with Gasteiger partial charge in [-0.15, -0.1) is 11.8 Å². The maximum Gasteiger partial charge on any atom is 0.429 e. The molecule has 0 atom stereocenters. The Labute approximate surface area is 146 Å². The van der Waals surface area contributed by atoms with Crippen molar-refractivity contribution in [3.05, 3.63) is 61.0 Å². The Hall–Kier alpha value is -2.19. The normalized spacial score (nSPS) is 14.4. The van der Waals surface area contributed by atoms with Crippen molar-refractivity contribution in [3.8, 4) is 0 Å². The number of nitrogens with zero attached hydrogens (tertiary/aromatic N) is 4. The van der Waals surface area contributed by atoms with Crippen LogP contribution in [0.1, 0.15) is 0 Å². The summed E-state index contributed by atoms with van der Waals surface area (Å²) in [5, 5.41) is 0.897. The lowest BCUT2D eigenvalue weighted by atomic mass is 10.4. The van der Waals surface area contributed by atoms with Crippen LogP contribution in [0.5, 0.6) is 0 Å². The van der Waals surface area contributed by atoms with Gasteiger partial charge in [0.2, 0.25) is 0 Å². The third-order valence-electron chi connectivity index (χ3n) is 3.51. The quantitative estimate of drug-likeness (QED) is 0.514. The van der Waals surface area contributed by atoms with Crippen LogP contribution in [0.25, 0.3) is 0 Å². The zero-order valence-electron chi connectivity index (χ0n) is 13.1. The van der Waals surface area contributed by atoms with E-state index in [1.807, 2.05) is 24.3 Å². The van der Waals surface area contributed by atoms with Gasteiger partial charge in [0.1, 0.15) is 0 Å². The van der Waals surface area contributed by atoms with Gasteiger partial charge in [-0.05, 0) is 29.3 Å². The molecule has 7 nitrogen and oxygen atoms in total. The average molecular weight is 365 g/mol. The summed E-state index contributed by atoms with van der Waals surface area (Å²) in [6.07, 6.45) is 0. The van der Waals surface area contributed by atoms with E-state index in [9.17, 15) is 9.59 Å². The van der Waals surface area contributed by atoms with E-state index >= 15 is 0 Å². The minimum atomic E-state index is -0.441. The standard InChI is InChI=1S/C15H14ClN5O2S/c1-20-12-11(13(22)21(2)15(20)23)18-14(19-12)17-7-8-24-10-5-3-9(16)4-6-10/h3-6H,7-8H2,1-2H3/p+1. The van der Waals surface area contributed by atoms with Gasteiger partial charge in [-0.3, -0.25) is 18.9 Å².